The highest BCUT2D eigenvalue weighted by molar-refractivity contribution is 14.0. The molecule has 0 unspecified atom stereocenters. The highest BCUT2D eigenvalue weighted by Gasteiger charge is 2.44. The van der Waals surface area contributed by atoms with E-state index in [-0.39, 0.29) is 35.2 Å². The van der Waals surface area contributed by atoms with Gasteiger partial charge in [-0.05, 0) is 51.3 Å². The van der Waals surface area contributed by atoms with Gasteiger partial charge in [-0.2, -0.15) is 0 Å². The second-order valence-electron chi connectivity index (χ2n) is 6.59. The number of hydrogen-bond acceptors (Lipinski definition) is 3. The first-order chi connectivity index (χ1) is 12.0. The van der Waals surface area contributed by atoms with Crippen LogP contribution >= 0.6 is 35.3 Å². The summed E-state index contributed by atoms with van der Waals surface area (Å²) in [4.78, 5) is 10.4. The summed E-state index contributed by atoms with van der Waals surface area (Å²) >= 11 is 1.69. The van der Waals surface area contributed by atoms with Crippen molar-refractivity contribution in [1.82, 2.24) is 15.6 Å². The number of aryl methyl sites for hydroxylation is 2. The van der Waals surface area contributed by atoms with Crippen LogP contribution in [0.2, 0.25) is 0 Å². The molecule has 4 nitrogen and oxygen atoms in total. The lowest BCUT2D eigenvalue weighted by Gasteiger charge is -2.19. The molecular weight excluding hydrogens is 462 g/mol. The zero-order valence-electron chi connectivity index (χ0n) is 15.4. The molecule has 0 aliphatic heterocycles. The van der Waals surface area contributed by atoms with Gasteiger partial charge in [0.25, 0.3) is 0 Å². The molecule has 0 saturated heterocycles. The SMILES string of the molecule is CCNC(=NCc1nc(C)c(C)s1)NCC1(c2cccc(F)c2)CC1.I. The molecule has 1 aromatic carbocycles. The van der Waals surface area contributed by atoms with Crippen LogP contribution in [0.4, 0.5) is 4.39 Å². The smallest absolute Gasteiger partial charge is 0.191 e. The molecule has 3 rings (SSSR count). The molecule has 2 aromatic rings. The van der Waals surface area contributed by atoms with E-state index in [4.69, 9.17) is 0 Å². The fourth-order valence-corrected chi connectivity index (χ4v) is 3.74. The number of nitrogens with zero attached hydrogens (tertiary/aromatic N) is 2. The molecule has 0 bridgehead atoms. The minimum absolute atomic E-state index is 0. The summed E-state index contributed by atoms with van der Waals surface area (Å²) in [6, 6.07) is 6.95. The number of nitrogens with one attached hydrogen (secondary N) is 2. The van der Waals surface area contributed by atoms with Gasteiger partial charge in [0, 0.05) is 23.4 Å². The van der Waals surface area contributed by atoms with Crippen molar-refractivity contribution < 1.29 is 4.39 Å². The van der Waals surface area contributed by atoms with Crippen LogP contribution in [-0.4, -0.2) is 24.0 Å². The van der Waals surface area contributed by atoms with Crippen LogP contribution in [-0.2, 0) is 12.0 Å². The Morgan fingerprint density at radius 3 is 2.65 bits per heavy atom. The molecule has 2 N–H and O–H groups in total. The number of aromatic nitrogens is 1. The Hall–Kier alpha value is -1.22. The van der Waals surface area contributed by atoms with Crippen LogP contribution in [0.3, 0.4) is 0 Å². The topological polar surface area (TPSA) is 49.3 Å². The van der Waals surface area contributed by atoms with Crippen molar-refractivity contribution in [2.45, 2.75) is 45.6 Å². The highest BCUT2D eigenvalue weighted by Crippen LogP contribution is 2.47. The fraction of sp³-hybridized carbons (Fsp3) is 0.474. The normalized spacial score (nSPS) is 15.3. The Morgan fingerprint density at radius 1 is 1.31 bits per heavy atom. The fourth-order valence-electron chi connectivity index (χ4n) is 2.88. The van der Waals surface area contributed by atoms with Gasteiger partial charge >= 0.3 is 0 Å². The van der Waals surface area contributed by atoms with Crippen molar-refractivity contribution in [3.63, 3.8) is 0 Å². The molecule has 7 heteroatoms. The lowest BCUT2D eigenvalue weighted by Crippen LogP contribution is -2.41. The number of thiazole rings is 1. The Bertz CT molecular complexity index is 751. The Morgan fingerprint density at radius 2 is 2.08 bits per heavy atom. The molecule has 1 heterocycles. The lowest BCUT2D eigenvalue weighted by atomic mass is 9.96. The maximum absolute atomic E-state index is 13.5. The zero-order valence-corrected chi connectivity index (χ0v) is 18.6. The van der Waals surface area contributed by atoms with Crippen LogP contribution in [0.15, 0.2) is 29.3 Å². The summed E-state index contributed by atoms with van der Waals surface area (Å²) < 4.78 is 13.5. The van der Waals surface area contributed by atoms with E-state index >= 15 is 0 Å². The molecule has 1 aliphatic rings. The first-order valence-electron chi connectivity index (χ1n) is 8.73. The predicted molar refractivity (Wildman–Crippen MR) is 117 cm³/mol. The highest BCUT2D eigenvalue weighted by atomic mass is 127. The maximum Gasteiger partial charge on any atom is 0.191 e. The van der Waals surface area contributed by atoms with Crippen LogP contribution < -0.4 is 10.6 Å². The average Bonchev–Trinajstić information content (AvgIpc) is 3.31. The summed E-state index contributed by atoms with van der Waals surface area (Å²) in [7, 11) is 0. The van der Waals surface area contributed by atoms with E-state index < -0.39 is 0 Å². The van der Waals surface area contributed by atoms with E-state index in [0.717, 1.165) is 48.2 Å². The minimum Gasteiger partial charge on any atom is -0.357 e. The van der Waals surface area contributed by atoms with Gasteiger partial charge in [-0.1, -0.05) is 12.1 Å². The van der Waals surface area contributed by atoms with E-state index in [1.54, 1.807) is 23.5 Å². The summed E-state index contributed by atoms with van der Waals surface area (Å²) in [5, 5.41) is 7.73. The van der Waals surface area contributed by atoms with E-state index in [0.29, 0.717) is 6.54 Å². The quantitative estimate of drug-likeness (QED) is 0.362. The zero-order chi connectivity index (χ0) is 17.9. The number of hydrogen-bond donors (Lipinski definition) is 2. The van der Waals surface area contributed by atoms with Crippen molar-refractivity contribution >= 4 is 41.3 Å². The number of rotatable bonds is 6. The van der Waals surface area contributed by atoms with Crippen molar-refractivity contribution in [2.24, 2.45) is 4.99 Å². The molecule has 0 spiro atoms. The van der Waals surface area contributed by atoms with Crippen LogP contribution in [0.1, 0.15) is 40.9 Å². The van der Waals surface area contributed by atoms with Gasteiger partial charge in [0.1, 0.15) is 10.8 Å². The number of benzene rings is 1. The first-order valence-corrected chi connectivity index (χ1v) is 9.55. The molecule has 0 amide bonds. The van der Waals surface area contributed by atoms with Crippen molar-refractivity contribution in [2.75, 3.05) is 13.1 Å². The third-order valence-electron chi connectivity index (χ3n) is 4.67. The van der Waals surface area contributed by atoms with E-state index in [1.807, 2.05) is 19.9 Å². The summed E-state index contributed by atoms with van der Waals surface area (Å²) in [6.45, 7) is 8.29. The van der Waals surface area contributed by atoms with Gasteiger partial charge in [-0.15, -0.1) is 35.3 Å². The molecule has 1 aliphatic carbocycles. The molecule has 1 aromatic heterocycles. The van der Waals surface area contributed by atoms with E-state index in [2.05, 4.69) is 27.5 Å². The van der Waals surface area contributed by atoms with Gasteiger partial charge in [0.15, 0.2) is 5.96 Å². The monoisotopic (exact) mass is 488 g/mol. The largest absolute Gasteiger partial charge is 0.357 e. The second kappa shape index (κ2) is 9.12. The molecule has 1 fully saturated rings. The second-order valence-corrected chi connectivity index (χ2v) is 7.88. The van der Waals surface area contributed by atoms with Crippen LogP contribution in [0, 0.1) is 19.7 Å². The number of guanidine groups is 1. The summed E-state index contributed by atoms with van der Waals surface area (Å²) in [5.41, 5.74) is 2.19. The van der Waals surface area contributed by atoms with Gasteiger partial charge < -0.3 is 10.6 Å². The van der Waals surface area contributed by atoms with E-state index in [9.17, 15) is 4.39 Å². The molecule has 142 valence electrons. The van der Waals surface area contributed by atoms with Crippen LogP contribution in [0.5, 0.6) is 0 Å². The molecular formula is C19H26FIN4S. The van der Waals surface area contributed by atoms with Gasteiger partial charge in [0.2, 0.25) is 0 Å². The summed E-state index contributed by atoms with van der Waals surface area (Å²) in [6.07, 6.45) is 2.15. The number of halogens is 2. The van der Waals surface area contributed by atoms with Crippen LogP contribution in [0.25, 0.3) is 0 Å². The molecule has 0 radical (unpaired) electrons. The lowest BCUT2D eigenvalue weighted by molar-refractivity contribution is 0.607. The number of aliphatic imine (C=N–C) groups is 1. The minimum atomic E-state index is -0.168. The third-order valence-corrected chi connectivity index (χ3v) is 5.73. The predicted octanol–water partition coefficient (Wildman–Crippen LogP) is 4.30. The van der Waals surface area contributed by atoms with Crippen molar-refractivity contribution in [3.05, 3.63) is 51.2 Å². The third kappa shape index (κ3) is 5.16. The van der Waals surface area contributed by atoms with E-state index in [1.165, 1.54) is 10.9 Å². The summed E-state index contributed by atoms with van der Waals surface area (Å²) in [5.74, 6) is 0.620. The van der Waals surface area contributed by atoms with Crippen molar-refractivity contribution in [1.29, 1.82) is 0 Å². The average molecular weight is 488 g/mol. The molecule has 26 heavy (non-hydrogen) atoms. The maximum atomic E-state index is 13.5. The molecule has 1 saturated carbocycles. The Balaban J connectivity index is 0.00000243. The van der Waals surface area contributed by atoms with Gasteiger partial charge in [-0.3, -0.25) is 0 Å². The molecule has 0 atom stereocenters. The Labute approximate surface area is 175 Å². The Kier molecular flexibility index (Phi) is 7.40. The first kappa shape index (κ1) is 21.1. The van der Waals surface area contributed by atoms with Gasteiger partial charge in [0.05, 0.1) is 12.2 Å². The standard InChI is InChI=1S/C19H25FN4S.HI/c1-4-21-18(22-11-17-24-13(2)14(3)25-17)23-12-19(8-9-19)15-6-5-7-16(20)10-15;/h5-7,10H,4,8-9,11-12H2,1-3H3,(H2,21,22,23);1H. The van der Waals surface area contributed by atoms with Gasteiger partial charge in [-0.25, -0.2) is 14.4 Å². The van der Waals surface area contributed by atoms with Crippen molar-refractivity contribution in [3.8, 4) is 0 Å².